The van der Waals surface area contributed by atoms with Crippen LogP contribution in [0.2, 0.25) is 0 Å². The Hall–Kier alpha value is -3.48. The predicted molar refractivity (Wildman–Crippen MR) is 108 cm³/mol. The first kappa shape index (κ1) is 17.9. The highest BCUT2D eigenvalue weighted by atomic mass is 16.5. The Morgan fingerprint density at radius 1 is 1.25 bits per heavy atom. The molecule has 0 aliphatic carbocycles. The van der Waals surface area contributed by atoms with Crippen LogP contribution in [-0.2, 0) is 0 Å². The second-order valence-electron chi connectivity index (χ2n) is 6.62. The molecule has 2 heterocycles. The number of aromatic hydroxyl groups is 1. The van der Waals surface area contributed by atoms with E-state index in [9.17, 15) is 9.90 Å². The van der Waals surface area contributed by atoms with Crippen molar-refractivity contribution in [1.82, 2.24) is 4.98 Å². The fourth-order valence-electron chi connectivity index (χ4n) is 3.50. The third kappa shape index (κ3) is 2.76. The van der Waals surface area contributed by atoms with E-state index in [4.69, 9.17) is 15.2 Å². The molecule has 0 spiro atoms. The van der Waals surface area contributed by atoms with Gasteiger partial charge in [0.25, 0.3) is 5.56 Å². The summed E-state index contributed by atoms with van der Waals surface area (Å²) in [7, 11) is 1.55. The number of nitrogens with one attached hydrogen (secondary N) is 1. The van der Waals surface area contributed by atoms with Crippen molar-refractivity contribution in [3.8, 4) is 17.2 Å². The van der Waals surface area contributed by atoms with Gasteiger partial charge >= 0.3 is 0 Å². The summed E-state index contributed by atoms with van der Waals surface area (Å²) in [5, 5.41) is 11.4. The van der Waals surface area contributed by atoms with Crippen molar-refractivity contribution in [2.75, 3.05) is 13.7 Å². The lowest BCUT2D eigenvalue weighted by atomic mass is 9.95. The number of H-pyrrole nitrogens is 1. The summed E-state index contributed by atoms with van der Waals surface area (Å²) in [5.41, 5.74) is 7.81. The zero-order valence-corrected chi connectivity index (χ0v) is 15.7. The van der Waals surface area contributed by atoms with Gasteiger partial charge in [-0.2, -0.15) is 0 Å². The van der Waals surface area contributed by atoms with Crippen molar-refractivity contribution >= 4 is 16.7 Å². The van der Waals surface area contributed by atoms with Crippen molar-refractivity contribution in [2.24, 2.45) is 10.7 Å². The highest BCUT2D eigenvalue weighted by Gasteiger charge is 2.32. The number of para-hydroxylation sites is 1. The minimum Gasteiger partial charge on any atom is -0.507 e. The number of methoxy groups -OCH3 is 1. The van der Waals surface area contributed by atoms with Crippen LogP contribution in [0.3, 0.4) is 0 Å². The molecule has 0 fully saturated rings. The summed E-state index contributed by atoms with van der Waals surface area (Å²) in [6, 6.07) is 9.89. The number of aliphatic imine (C=N–C) groups is 1. The van der Waals surface area contributed by atoms with Gasteiger partial charge in [0.1, 0.15) is 17.6 Å². The number of benzene rings is 2. The summed E-state index contributed by atoms with van der Waals surface area (Å²) in [4.78, 5) is 20.0. The van der Waals surface area contributed by atoms with Crippen LogP contribution in [0.15, 0.2) is 46.2 Å². The molecule has 144 valence electrons. The van der Waals surface area contributed by atoms with Crippen LogP contribution in [0.5, 0.6) is 17.2 Å². The molecule has 7 heteroatoms. The van der Waals surface area contributed by atoms with Crippen LogP contribution in [0, 0.1) is 0 Å². The highest BCUT2D eigenvalue weighted by Crippen LogP contribution is 2.42. The van der Waals surface area contributed by atoms with E-state index in [1.54, 1.807) is 43.5 Å². The molecule has 4 rings (SSSR count). The zero-order chi connectivity index (χ0) is 19.8. The third-order valence-electron chi connectivity index (χ3n) is 4.84. The first-order valence-corrected chi connectivity index (χ1v) is 9.07. The third-order valence-corrected chi connectivity index (χ3v) is 4.84. The number of aromatic nitrogens is 1. The standard InChI is InChI=1S/C21H21N3O4/c1-3-8-28-16-10-13-12(9-15(16)27-2)18(24-20(13)22)17-19(25)11-6-4-5-7-14(11)23-21(17)26/h4-7,9-10,18H,3,8H2,1-2H3,(H2,22,24)(H2,23,25,26). The number of aromatic amines is 1. The summed E-state index contributed by atoms with van der Waals surface area (Å²) >= 11 is 0. The van der Waals surface area contributed by atoms with Gasteiger partial charge in [-0.05, 0) is 36.2 Å². The van der Waals surface area contributed by atoms with E-state index in [1.807, 2.05) is 6.92 Å². The number of fused-ring (bicyclic) bond motifs is 2. The lowest BCUT2D eigenvalue weighted by Crippen LogP contribution is -2.16. The summed E-state index contributed by atoms with van der Waals surface area (Å²) in [5.74, 6) is 1.28. The molecule has 1 aliphatic rings. The molecule has 7 nitrogen and oxygen atoms in total. The fourth-order valence-corrected chi connectivity index (χ4v) is 3.50. The Balaban J connectivity index is 1.89. The van der Waals surface area contributed by atoms with Crippen LogP contribution in [0.25, 0.3) is 10.9 Å². The Bertz CT molecular complexity index is 1150. The largest absolute Gasteiger partial charge is 0.507 e. The lowest BCUT2D eigenvalue weighted by Gasteiger charge is -2.16. The zero-order valence-electron chi connectivity index (χ0n) is 15.7. The first-order valence-electron chi connectivity index (χ1n) is 9.07. The number of rotatable bonds is 5. The average molecular weight is 379 g/mol. The molecule has 3 aromatic rings. The van der Waals surface area contributed by atoms with Crippen LogP contribution < -0.4 is 20.8 Å². The van der Waals surface area contributed by atoms with E-state index in [0.29, 0.717) is 40.1 Å². The van der Waals surface area contributed by atoms with E-state index < -0.39 is 11.6 Å². The van der Waals surface area contributed by atoms with E-state index in [-0.39, 0.29) is 17.1 Å². The maximum Gasteiger partial charge on any atom is 0.257 e. The maximum atomic E-state index is 12.7. The summed E-state index contributed by atoms with van der Waals surface area (Å²) in [6.07, 6.45) is 0.854. The lowest BCUT2D eigenvalue weighted by molar-refractivity contribution is 0.294. The smallest absolute Gasteiger partial charge is 0.257 e. The number of hydrogen-bond acceptors (Lipinski definition) is 6. The number of hydrogen-bond donors (Lipinski definition) is 3. The molecule has 1 aromatic heterocycles. The minimum absolute atomic E-state index is 0.0981. The van der Waals surface area contributed by atoms with Gasteiger partial charge in [0.15, 0.2) is 11.5 Å². The Labute approximate surface area is 161 Å². The molecule has 1 unspecified atom stereocenters. The van der Waals surface area contributed by atoms with Gasteiger partial charge in [-0.25, -0.2) is 0 Å². The van der Waals surface area contributed by atoms with Gasteiger partial charge in [-0.1, -0.05) is 19.1 Å². The predicted octanol–water partition coefficient (Wildman–Crippen LogP) is 2.84. The second-order valence-corrected chi connectivity index (χ2v) is 6.62. The van der Waals surface area contributed by atoms with E-state index in [1.165, 1.54) is 0 Å². The van der Waals surface area contributed by atoms with Gasteiger partial charge in [-0.15, -0.1) is 0 Å². The molecule has 0 radical (unpaired) electrons. The minimum atomic E-state index is -0.725. The molecule has 28 heavy (non-hydrogen) atoms. The molecule has 0 amide bonds. The number of amidine groups is 1. The van der Waals surface area contributed by atoms with Crippen molar-refractivity contribution in [1.29, 1.82) is 0 Å². The maximum absolute atomic E-state index is 12.7. The Kier molecular flexibility index (Phi) is 4.43. The topological polar surface area (TPSA) is 110 Å². The Morgan fingerprint density at radius 3 is 2.79 bits per heavy atom. The van der Waals surface area contributed by atoms with Gasteiger partial charge in [0.05, 0.1) is 24.8 Å². The molecule has 0 saturated heterocycles. The van der Waals surface area contributed by atoms with Gasteiger partial charge in [-0.3, -0.25) is 9.79 Å². The summed E-state index contributed by atoms with van der Waals surface area (Å²) < 4.78 is 11.2. The molecule has 1 aliphatic heterocycles. The van der Waals surface area contributed by atoms with Crippen molar-refractivity contribution in [3.63, 3.8) is 0 Å². The monoisotopic (exact) mass is 379 g/mol. The highest BCUT2D eigenvalue weighted by molar-refractivity contribution is 6.02. The van der Waals surface area contributed by atoms with Gasteiger partial charge in [0, 0.05) is 10.9 Å². The van der Waals surface area contributed by atoms with Gasteiger partial charge < -0.3 is 25.3 Å². The molecular weight excluding hydrogens is 358 g/mol. The quantitative estimate of drug-likeness (QED) is 0.631. The van der Waals surface area contributed by atoms with E-state index in [2.05, 4.69) is 9.98 Å². The van der Waals surface area contributed by atoms with Crippen molar-refractivity contribution in [2.45, 2.75) is 19.4 Å². The van der Waals surface area contributed by atoms with E-state index >= 15 is 0 Å². The SMILES string of the molecule is CCCOc1cc2c(cc1OC)C(c1c(O)c3ccccc3[nH]c1=O)N=C2N. The normalized spacial score (nSPS) is 15.4. The van der Waals surface area contributed by atoms with Gasteiger partial charge in [0.2, 0.25) is 0 Å². The second kappa shape index (κ2) is 6.92. The Morgan fingerprint density at radius 2 is 2.04 bits per heavy atom. The number of nitrogens with two attached hydrogens (primary N) is 1. The number of pyridine rings is 1. The molecule has 0 bridgehead atoms. The molecule has 0 saturated carbocycles. The number of nitrogens with zero attached hydrogens (tertiary/aromatic N) is 1. The van der Waals surface area contributed by atoms with Crippen molar-refractivity contribution in [3.05, 3.63) is 63.4 Å². The molecular formula is C21H21N3O4. The molecule has 2 aromatic carbocycles. The van der Waals surface area contributed by atoms with Crippen LogP contribution in [-0.4, -0.2) is 29.6 Å². The molecule has 1 atom stereocenters. The van der Waals surface area contributed by atoms with Crippen LogP contribution in [0.4, 0.5) is 0 Å². The van der Waals surface area contributed by atoms with E-state index in [0.717, 1.165) is 6.42 Å². The first-order chi connectivity index (χ1) is 13.5. The molecule has 4 N–H and O–H groups in total. The fraction of sp³-hybridized carbons (Fsp3) is 0.238. The summed E-state index contributed by atoms with van der Waals surface area (Å²) in [6.45, 7) is 2.56. The average Bonchev–Trinajstić information content (AvgIpc) is 3.01. The number of ether oxygens (including phenoxy) is 2. The van der Waals surface area contributed by atoms with Crippen LogP contribution >= 0.6 is 0 Å². The van der Waals surface area contributed by atoms with Crippen LogP contribution in [0.1, 0.15) is 36.1 Å². The van der Waals surface area contributed by atoms with Crippen molar-refractivity contribution < 1.29 is 14.6 Å².